The van der Waals surface area contributed by atoms with E-state index in [4.69, 9.17) is 9.31 Å². The van der Waals surface area contributed by atoms with Gasteiger partial charge in [0.2, 0.25) is 11.8 Å². The number of benzene rings is 1. The Kier molecular flexibility index (Phi) is 4.77. The molecule has 0 aromatic heterocycles. The van der Waals surface area contributed by atoms with E-state index in [0.717, 1.165) is 5.56 Å². The molecule has 3 atom stereocenters. The van der Waals surface area contributed by atoms with Crippen LogP contribution in [0.3, 0.4) is 0 Å². The highest BCUT2D eigenvalue weighted by molar-refractivity contribution is 7.91. The summed E-state index contributed by atoms with van der Waals surface area (Å²) in [6.07, 6.45) is 0.729. The fourth-order valence-electron chi connectivity index (χ4n) is 6.12. The van der Waals surface area contributed by atoms with Crippen LogP contribution in [0.4, 0.5) is 0 Å². The molecule has 3 saturated heterocycles. The van der Waals surface area contributed by atoms with Gasteiger partial charge in [0.15, 0.2) is 0 Å². The van der Waals surface area contributed by atoms with Gasteiger partial charge in [0.1, 0.15) is 9.84 Å². The summed E-state index contributed by atoms with van der Waals surface area (Å²) in [5, 5.41) is 0. The van der Waals surface area contributed by atoms with Crippen molar-refractivity contribution in [2.45, 2.75) is 64.1 Å². The molecule has 0 unspecified atom stereocenters. The highest BCUT2D eigenvalue weighted by Crippen LogP contribution is 2.70. The lowest BCUT2D eigenvalue weighted by Gasteiger charge is -2.58. The fraction of sp³-hybridized carbons (Fsp3) is 0.652. The molecule has 2 amide bonds. The predicted molar refractivity (Wildman–Crippen MR) is 119 cm³/mol. The first-order chi connectivity index (χ1) is 14.9. The van der Waals surface area contributed by atoms with Crippen LogP contribution in [0.5, 0.6) is 0 Å². The predicted octanol–water partition coefficient (Wildman–Crippen LogP) is 2.46. The number of hydrogen-bond acceptors (Lipinski definition) is 6. The van der Waals surface area contributed by atoms with E-state index in [1.807, 2.05) is 58.0 Å². The van der Waals surface area contributed by atoms with Crippen molar-refractivity contribution < 1.29 is 27.3 Å². The van der Waals surface area contributed by atoms with Gasteiger partial charge in [-0.3, -0.25) is 14.5 Å². The maximum Gasteiger partial charge on any atom is 0.462 e. The Balaban J connectivity index is 1.50. The topological polar surface area (TPSA) is 90.0 Å². The second-order valence-corrected chi connectivity index (χ2v) is 13.1. The van der Waals surface area contributed by atoms with E-state index in [1.54, 1.807) is 0 Å². The quantitative estimate of drug-likeness (QED) is 0.510. The summed E-state index contributed by atoms with van der Waals surface area (Å²) in [6.45, 7) is 8.08. The summed E-state index contributed by atoms with van der Waals surface area (Å²) in [5.74, 6) is -1.67. The highest BCUT2D eigenvalue weighted by Gasteiger charge is 2.77. The standard InChI is InChI=1S/C23H30BNO6S/c1-21(2)22(3,4)31-24(30-21)18-16-17(23(18)10-12-32(28,29)13-11-23)20(27)25(19(16)26)14-15-8-6-5-7-9-15/h5-9,16-18H,10-14H2,1-4H3/t16-,17-,18+/m1/s1. The Morgan fingerprint density at radius 3 is 2.09 bits per heavy atom. The number of nitrogens with zero attached hydrogens (tertiary/aromatic N) is 1. The van der Waals surface area contributed by atoms with Crippen molar-refractivity contribution in [3.63, 3.8) is 0 Å². The molecule has 1 aromatic carbocycles. The molecule has 7 nitrogen and oxygen atoms in total. The van der Waals surface area contributed by atoms with Crippen molar-refractivity contribution in [3.05, 3.63) is 35.9 Å². The summed E-state index contributed by atoms with van der Waals surface area (Å²) in [6, 6.07) is 9.46. The number of carbonyl (C=O) groups excluding carboxylic acids is 2. The summed E-state index contributed by atoms with van der Waals surface area (Å²) < 4.78 is 37.1. The molecular weight excluding hydrogens is 429 g/mol. The third-order valence-corrected chi connectivity index (χ3v) is 10.3. The van der Waals surface area contributed by atoms with E-state index in [2.05, 4.69) is 0 Å². The van der Waals surface area contributed by atoms with Crippen LogP contribution in [0.2, 0.25) is 5.82 Å². The maximum atomic E-state index is 13.5. The third-order valence-electron chi connectivity index (χ3n) is 8.62. The smallest absolute Gasteiger partial charge is 0.403 e. The zero-order valence-electron chi connectivity index (χ0n) is 19.0. The van der Waals surface area contributed by atoms with Gasteiger partial charge in [-0.15, -0.1) is 0 Å². The van der Waals surface area contributed by atoms with Crippen molar-refractivity contribution in [3.8, 4) is 0 Å². The van der Waals surface area contributed by atoms with Crippen molar-refractivity contribution in [1.29, 1.82) is 0 Å². The van der Waals surface area contributed by atoms with E-state index >= 15 is 0 Å². The monoisotopic (exact) mass is 459 g/mol. The van der Waals surface area contributed by atoms with Gasteiger partial charge in [-0.05, 0) is 51.5 Å². The number of imide groups is 1. The minimum absolute atomic E-state index is 0.0341. The normalized spacial score (nSPS) is 33.9. The number of rotatable bonds is 3. The number of carbonyl (C=O) groups is 2. The number of amides is 2. The molecule has 172 valence electrons. The van der Waals surface area contributed by atoms with Gasteiger partial charge in [0, 0.05) is 5.82 Å². The van der Waals surface area contributed by atoms with Crippen molar-refractivity contribution in [2.24, 2.45) is 17.3 Å². The van der Waals surface area contributed by atoms with Crippen LogP contribution >= 0.6 is 0 Å². The summed E-state index contributed by atoms with van der Waals surface area (Å²) in [7, 11) is -3.78. The lowest BCUT2D eigenvalue weighted by Crippen LogP contribution is -2.62. The average Bonchev–Trinajstić information content (AvgIpc) is 3.03. The molecule has 9 heteroatoms. The SMILES string of the molecule is CC1(C)OB([C@H]2[C@@H]3C(=O)N(Cc4ccccc4)C(=O)[C@@H]3C23CCS(=O)(=O)CC3)OC1(C)C. The number of likely N-dealkylation sites (tertiary alicyclic amines) is 1. The first-order valence-corrected chi connectivity index (χ1v) is 13.2. The molecule has 1 aromatic rings. The van der Waals surface area contributed by atoms with Crippen molar-refractivity contribution >= 4 is 28.8 Å². The maximum absolute atomic E-state index is 13.5. The Labute approximate surface area is 189 Å². The third kappa shape index (κ3) is 3.04. The largest absolute Gasteiger partial charge is 0.462 e. The minimum Gasteiger partial charge on any atom is -0.403 e. The first-order valence-electron chi connectivity index (χ1n) is 11.3. The Morgan fingerprint density at radius 1 is 0.969 bits per heavy atom. The van der Waals surface area contributed by atoms with E-state index < -0.39 is 45.4 Å². The Morgan fingerprint density at radius 2 is 1.53 bits per heavy atom. The molecule has 1 aliphatic carbocycles. The zero-order chi connectivity index (χ0) is 23.1. The molecule has 0 radical (unpaired) electrons. The van der Waals surface area contributed by atoms with Gasteiger partial charge < -0.3 is 9.31 Å². The summed E-state index contributed by atoms with van der Waals surface area (Å²) >= 11 is 0. The fourth-order valence-corrected chi connectivity index (χ4v) is 7.71. The van der Waals surface area contributed by atoms with Crippen LogP contribution in [-0.2, 0) is 35.3 Å². The second-order valence-electron chi connectivity index (χ2n) is 10.8. The molecule has 3 aliphatic heterocycles. The average molecular weight is 459 g/mol. The molecule has 1 saturated carbocycles. The number of hydrogen-bond donors (Lipinski definition) is 0. The number of fused-ring (bicyclic) bond motifs is 2. The van der Waals surface area contributed by atoms with Crippen LogP contribution < -0.4 is 0 Å². The molecule has 32 heavy (non-hydrogen) atoms. The van der Waals surface area contributed by atoms with Crippen molar-refractivity contribution in [2.75, 3.05) is 11.5 Å². The summed E-state index contributed by atoms with van der Waals surface area (Å²) in [5.41, 5.74) is -0.835. The zero-order valence-corrected chi connectivity index (χ0v) is 19.9. The Bertz CT molecular complexity index is 1040. The second kappa shape index (κ2) is 6.90. The minimum atomic E-state index is -3.14. The molecular formula is C23H30BNO6S. The van der Waals surface area contributed by atoms with Crippen LogP contribution in [0, 0.1) is 17.3 Å². The lowest BCUT2D eigenvalue weighted by molar-refractivity contribution is -0.142. The summed E-state index contributed by atoms with van der Waals surface area (Å²) in [4.78, 5) is 28.4. The van der Waals surface area contributed by atoms with E-state index in [1.165, 1.54) is 4.90 Å². The van der Waals surface area contributed by atoms with Gasteiger partial charge in [-0.1, -0.05) is 30.3 Å². The van der Waals surface area contributed by atoms with Crippen LogP contribution in [0.1, 0.15) is 46.1 Å². The van der Waals surface area contributed by atoms with E-state index in [-0.39, 0.29) is 35.7 Å². The molecule has 0 N–H and O–H groups in total. The highest BCUT2D eigenvalue weighted by atomic mass is 32.2. The van der Waals surface area contributed by atoms with Gasteiger partial charge in [0.05, 0.1) is 41.1 Å². The van der Waals surface area contributed by atoms with Crippen LogP contribution in [0.15, 0.2) is 30.3 Å². The first kappa shape index (κ1) is 22.1. The van der Waals surface area contributed by atoms with Crippen molar-refractivity contribution in [1.82, 2.24) is 4.90 Å². The molecule has 1 spiro atoms. The molecule has 4 aliphatic rings. The van der Waals surface area contributed by atoms with Gasteiger partial charge in [0.25, 0.3) is 0 Å². The van der Waals surface area contributed by atoms with E-state index in [9.17, 15) is 18.0 Å². The Hall–Kier alpha value is -1.71. The molecule has 4 fully saturated rings. The van der Waals surface area contributed by atoms with Crippen LogP contribution in [-0.4, -0.2) is 55.0 Å². The van der Waals surface area contributed by atoms with Crippen LogP contribution in [0.25, 0.3) is 0 Å². The molecule has 0 bridgehead atoms. The molecule has 5 rings (SSSR count). The van der Waals surface area contributed by atoms with Gasteiger partial charge in [-0.25, -0.2) is 8.42 Å². The van der Waals surface area contributed by atoms with Gasteiger partial charge >= 0.3 is 7.12 Å². The van der Waals surface area contributed by atoms with Gasteiger partial charge in [-0.2, -0.15) is 0 Å². The lowest BCUT2D eigenvalue weighted by atomic mass is 9.35. The molecule has 3 heterocycles. The van der Waals surface area contributed by atoms with E-state index in [0.29, 0.717) is 12.8 Å². The number of sulfone groups is 1.